The maximum Gasteiger partial charge on any atom is 0.224 e. The van der Waals surface area contributed by atoms with E-state index >= 15 is 0 Å². The van der Waals surface area contributed by atoms with E-state index in [1.54, 1.807) is 0 Å². The Morgan fingerprint density at radius 2 is 2.00 bits per heavy atom. The van der Waals surface area contributed by atoms with Crippen molar-refractivity contribution in [2.24, 2.45) is 5.92 Å². The zero-order valence-electron chi connectivity index (χ0n) is 11.3. The van der Waals surface area contributed by atoms with E-state index < -0.39 is 0 Å². The van der Waals surface area contributed by atoms with Gasteiger partial charge in [0, 0.05) is 17.7 Å². The fourth-order valence-corrected chi connectivity index (χ4v) is 3.11. The van der Waals surface area contributed by atoms with E-state index in [1.807, 2.05) is 6.07 Å². The Hall–Kier alpha value is -1.09. The fraction of sp³-hybridized carbons (Fsp3) is 0.533. The summed E-state index contributed by atoms with van der Waals surface area (Å²) in [6, 6.07) is 3.22. The van der Waals surface area contributed by atoms with Crippen LogP contribution in [0.2, 0.25) is 0 Å². The van der Waals surface area contributed by atoms with Crippen LogP contribution in [0.15, 0.2) is 12.1 Å². The first kappa shape index (κ1) is 14.3. The lowest BCUT2D eigenvalue weighted by Crippen LogP contribution is -2.20. The van der Waals surface area contributed by atoms with Crippen molar-refractivity contribution in [2.45, 2.75) is 44.9 Å². The van der Waals surface area contributed by atoms with Crippen LogP contribution in [0.4, 0.5) is 10.1 Å². The highest BCUT2D eigenvalue weighted by molar-refractivity contribution is 6.21. The molecule has 19 heavy (non-hydrogen) atoms. The monoisotopic (exact) mass is 283 g/mol. The molecule has 0 radical (unpaired) electrons. The van der Waals surface area contributed by atoms with Crippen LogP contribution < -0.4 is 5.32 Å². The van der Waals surface area contributed by atoms with Gasteiger partial charge in [0.05, 0.1) is 5.38 Å². The van der Waals surface area contributed by atoms with Crippen molar-refractivity contribution < 1.29 is 9.18 Å². The first-order chi connectivity index (χ1) is 9.06. The van der Waals surface area contributed by atoms with Gasteiger partial charge in [-0.2, -0.15) is 0 Å². The smallest absolute Gasteiger partial charge is 0.224 e. The number of aryl methyl sites for hydroxylation is 1. The number of carbonyl (C=O) groups is 1. The van der Waals surface area contributed by atoms with Gasteiger partial charge in [-0.15, -0.1) is 11.6 Å². The van der Waals surface area contributed by atoms with Gasteiger partial charge in [-0.3, -0.25) is 4.79 Å². The molecule has 1 aromatic rings. The summed E-state index contributed by atoms with van der Waals surface area (Å²) < 4.78 is 14.2. The van der Waals surface area contributed by atoms with Gasteiger partial charge < -0.3 is 5.32 Å². The molecule has 1 amide bonds. The molecule has 2 nitrogen and oxygen atoms in total. The molecular weight excluding hydrogens is 265 g/mol. The second kappa shape index (κ2) is 5.91. The van der Waals surface area contributed by atoms with Crippen molar-refractivity contribution >= 4 is 23.2 Å². The minimum absolute atomic E-state index is 0.0536. The molecule has 1 atom stereocenters. The molecule has 4 heteroatoms. The van der Waals surface area contributed by atoms with Crippen LogP contribution in [-0.4, -0.2) is 5.91 Å². The van der Waals surface area contributed by atoms with Crippen molar-refractivity contribution in [1.82, 2.24) is 0 Å². The molecule has 1 unspecified atom stereocenters. The van der Waals surface area contributed by atoms with Crippen molar-refractivity contribution in [3.8, 4) is 0 Å². The number of rotatable bonds is 4. The second-order valence-electron chi connectivity index (χ2n) is 5.06. The van der Waals surface area contributed by atoms with Gasteiger partial charge in [0.2, 0.25) is 5.91 Å². The third-order valence-electron chi connectivity index (χ3n) is 3.88. The van der Waals surface area contributed by atoms with Gasteiger partial charge in [-0.25, -0.2) is 4.39 Å². The molecular formula is C15H19ClFNO. The van der Waals surface area contributed by atoms with Gasteiger partial charge in [0.25, 0.3) is 0 Å². The number of halogens is 2. The summed E-state index contributed by atoms with van der Waals surface area (Å²) in [5.74, 6) is -0.109. The first-order valence-electron chi connectivity index (χ1n) is 6.83. The van der Waals surface area contributed by atoms with Gasteiger partial charge in [-0.1, -0.05) is 26.7 Å². The molecule has 1 aromatic carbocycles. The van der Waals surface area contributed by atoms with Crippen molar-refractivity contribution in [3.05, 3.63) is 29.1 Å². The third-order valence-corrected chi connectivity index (χ3v) is 4.47. The van der Waals surface area contributed by atoms with Crippen LogP contribution in [0.3, 0.4) is 0 Å². The quantitative estimate of drug-likeness (QED) is 0.814. The summed E-state index contributed by atoms with van der Waals surface area (Å²) in [6.07, 6.45) is 2.97. The Morgan fingerprint density at radius 1 is 1.32 bits per heavy atom. The summed E-state index contributed by atoms with van der Waals surface area (Å²) in [4.78, 5) is 11.3. The molecule has 0 bridgehead atoms. The van der Waals surface area contributed by atoms with E-state index in [0.29, 0.717) is 24.1 Å². The molecule has 0 fully saturated rings. The Kier molecular flexibility index (Phi) is 4.46. The second-order valence-corrected chi connectivity index (χ2v) is 5.53. The minimum Gasteiger partial charge on any atom is -0.326 e. The molecule has 2 rings (SSSR count). The lowest BCUT2D eigenvalue weighted by atomic mass is 9.91. The Morgan fingerprint density at radius 3 is 2.63 bits per heavy atom. The molecule has 1 N–H and O–H groups in total. The number of alkyl halides is 1. The lowest BCUT2D eigenvalue weighted by Gasteiger charge is -2.23. The number of hydrogen-bond donors (Lipinski definition) is 1. The maximum atomic E-state index is 14.2. The highest BCUT2D eigenvalue weighted by Crippen LogP contribution is 2.37. The van der Waals surface area contributed by atoms with Crippen LogP contribution in [0.5, 0.6) is 0 Å². The van der Waals surface area contributed by atoms with Crippen LogP contribution >= 0.6 is 11.6 Å². The van der Waals surface area contributed by atoms with Crippen LogP contribution in [-0.2, 0) is 11.2 Å². The topological polar surface area (TPSA) is 29.1 Å². The highest BCUT2D eigenvalue weighted by Gasteiger charge is 2.24. The van der Waals surface area contributed by atoms with Crippen molar-refractivity contribution in [1.29, 1.82) is 0 Å². The molecule has 0 spiro atoms. The van der Waals surface area contributed by atoms with Crippen molar-refractivity contribution in [2.75, 3.05) is 5.32 Å². The standard InChI is InChI=1S/C15H19ClFNO/c1-3-9(4-2)15(16)11-7-10-5-6-14(19)18-13(10)8-12(11)17/h7-9,15H,3-6H2,1-2H3,(H,18,19). The Labute approximate surface area is 118 Å². The van der Waals surface area contributed by atoms with Crippen LogP contribution in [0.1, 0.15) is 49.6 Å². The summed E-state index contributed by atoms with van der Waals surface area (Å²) in [5.41, 5.74) is 2.13. The Balaban J connectivity index is 2.34. The van der Waals surface area contributed by atoms with E-state index in [9.17, 15) is 9.18 Å². The molecule has 0 aromatic heterocycles. The normalized spacial score (nSPS) is 16.2. The number of fused-ring (bicyclic) bond motifs is 1. The van der Waals surface area contributed by atoms with E-state index in [-0.39, 0.29) is 23.0 Å². The van der Waals surface area contributed by atoms with E-state index in [4.69, 9.17) is 11.6 Å². The first-order valence-corrected chi connectivity index (χ1v) is 7.26. The lowest BCUT2D eigenvalue weighted by molar-refractivity contribution is -0.116. The third kappa shape index (κ3) is 2.92. The van der Waals surface area contributed by atoms with Gasteiger partial charge in [0.1, 0.15) is 5.82 Å². The highest BCUT2D eigenvalue weighted by atomic mass is 35.5. The number of nitrogens with one attached hydrogen (secondary N) is 1. The summed E-state index contributed by atoms with van der Waals surface area (Å²) in [7, 11) is 0. The van der Waals surface area contributed by atoms with E-state index in [0.717, 1.165) is 18.4 Å². The van der Waals surface area contributed by atoms with Crippen LogP contribution in [0.25, 0.3) is 0 Å². The number of amides is 1. The summed E-state index contributed by atoms with van der Waals surface area (Å²) in [6.45, 7) is 4.14. The average Bonchev–Trinajstić information content (AvgIpc) is 2.39. The number of carbonyl (C=O) groups excluding carboxylic acids is 1. The molecule has 0 saturated heterocycles. The number of anilines is 1. The minimum atomic E-state index is -0.326. The van der Waals surface area contributed by atoms with Gasteiger partial charge in [0.15, 0.2) is 0 Å². The van der Waals surface area contributed by atoms with E-state index in [1.165, 1.54) is 6.07 Å². The molecule has 1 aliphatic rings. The molecule has 104 valence electrons. The zero-order valence-corrected chi connectivity index (χ0v) is 12.1. The molecule has 0 saturated carbocycles. The number of benzene rings is 1. The SMILES string of the molecule is CCC(CC)C(Cl)c1cc2c(cc1F)NC(=O)CC2. The van der Waals surface area contributed by atoms with Crippen LogP contribution in [0, 0.1) is 11.7 Å². The Bertz CT molecular complexity index is 485. The predicted molar refractivity (Wildman–Crippen MR) is 76.0 cm³/mol. The molecule has 1 aliphatic heterocycles. The zero-order chi connectivity index (χ0) is 14.0. The van der Waals surface area contributed by atoms with Gasteiger partial charge in [-0.05, 0) is 30.0 Å². The summed E-state index contributed by atoms with van der Waals surface area (Å²) in [5, 5.41) is 2.39. The largest absolute Gasteiger partial charge is 0.326 e. The number of hydrogen-bond acceptors (Lipinski definition) is 1. The van der Waals surface area contributed by atoms with Crippen molar-refractivity contribution in [3.63, 3.8) is 0 Å². The molecule has 1 heterocycles. The maximum absolute atomic E-state index is 14.2. The summed E-state index contributed by atoms with van der Waals surface area (Å²) >= 11 is 6.42. The van der Waals surface area contributed by atoms with E-state index in [2.05, 4.69) is 19.2 Å². The average molecular weight is 284 g/mol. The molecule has 0 aliphatic carbocycles. The fourth-order valence-electron chi connectivity index (χ4n) is 2.59. The van der Waals surface area contributed by atoms with Gasteiger partial charge >= 0.3 is 0 Å². The predicted octanol–water partition coefficient (Wildman–Crippen LogP) is 4.43.